The Morgan fingerprint density at radius 3 is 2.57 bits per heavy atom. The summed E-state index contributed by atoms with van der Waals surface area (Å²) in [6.07, 6.45) is 2.16. The Bertz CT molecular complexity index is 826. The molecule has 2 N–H and O–H groups in total. The van der Waals surface area contributed by atoms with Crippen LogP contribution < -0.4 is 14.8 Å². The molecule has 0 spiro atoms. The Hall–Kier alpha value is -1.67. The smallest absolute Gasteiger partial charge is 0.242 e. The molecule has 0 bridgehead atoms. The number of hydrogen-bond acceptors (Lipinski definition) is 4. The van der Waals surface area contributed by atoms with Gasteiger partial charge in [-0.05, 0) is 12.1 Å². The van der Waals surface area contributed by atoms with Gasteiger partial charge in [0, 0.05) is 30.7 Å². The normalized spacial score (nSPS) is 11.4. The zero-order valence-corrected chi connectivity index (χ0v) is 14.0. The van der Waals surface area contributed by atoms with E-state index in [1.807, 2.05) is 18.2 Å². The van der Waals surface area contributed by atoms with E-state index in [2.05, 4.69) is 9.71 Å². The molecule has 1 heterocycles. The van der Waals surface area contributed by atoms with Crippen LogP contribution in [0.5, 0.6) is 0 Å². The maximum absolute atomic E-state index is 12.3. The molecule has 0 amide bonds. The number of sulfonamides is 1. The van der Waals surface area contributed by atoms with Gasteiger partial charge < -0.3 is 9.90 Å². The molecule has 1 aromatic carbocycles. The second kappa shape index (κ2) is 7.27. The number of aromatic carboxylic acids is 1. The van der Waals surface area contributed by atoms with Crippen molar-refractivity contribution in [3.63, 3.8) is 0 Å². The number of aromatic amines is 1. The van der Waals surface area contributed by atoms with Crippen molar-refractivity contribution in [2.24, 2.45) is 0 Å². The Balaban J connectivity index is 2.19. The van der Waals surface area contributed by atoms with E-state index in [1.54, 1.807) is 6.20 Å². The molecule has 2 aromatic rings. The van der Waals surface area contributed by atoms with Crippen molar-refractivity contribution in [2.75, 3.05) is 6.54 Å². The summed E-state index contributed by atoms with van der Waals surface area (Å²) in [4.78, 5) is 13.6. The number of carbonyl (C=O) groups is 1. The second-order valence-electron chi connectivity index (χ2n) is 4.59. The number of aromatic nitrogens is 1. The summed E-state index contributed by atoms with van der Waals surface area (Å²) in [5.41, 5.74) is 0.403. The van der Waals surface area contributed by atoms with Gasteiger partial charge in [0.1, 0.15) is 4.90 Å². The molecule has 23 heavy (non-hydrogen) atoms. The number of benzene rings is 1. The van der Waals surface area contributed by atoms with Gasteiger partial charge in [0.2, 0.25) is 10.0 Å². The third kappa shape index (κ3) is 4.42. The van der Waals surface area contributed by atoms with Gasteiger partial charge >= 0.3 is 0 Å². The van der Waals surface area contributed by atoms with Crippen molar-refractivity contribution < 1.29 is 23.3 Å². The zero-order valence-electron chi connectivity index (χ0n) is 11.7. The first-order valence-corrected chi connectivity index (χ1v) is 8.71. The highest BCUT2D eigenvalue weighted by Gasteiger charge is 2.20. The van der Waals surface area contributed by atoms with Crippen LogP contribution in [0.4, 0.5) is 0 Å². The standard InChI is InChI=1S/C14H12Cl2N2O4S/c15-11-8-12(16)13(7-10(11)14(19)20)23(21,22)18-6-4-9-3-1-2-5-17-9/h1-3,5,7-8,18H,4,6H2,(H,19,20). The average molecular weight is 375 g/mol. The molecule has 0 atom stereocenters. The number of carbonyl (C=O) groups excluding carboxylic acids is 1. The largest absolute Gasteiger partial charge is 0.545 e. The van der Waals surface area contributed by atoms with E-state index >= 15 is 0 Å². The minimum absolute atomic E-state index is 0.114. The topological polar surface area (TPSA) is 100 Å². The molecular formula is C14H12Cl2N2O4S. The highest BCUT2D eigenvalue weighted by atomic mass is 35.5. The molecule has 1 aromatic heterocycles. The van der Waals surface area contributed by atoms with Crippen LogP contribution in [0.2, 0.25) is 10.0 Å². The molecule has 0 unspecified atom stereocenters. The van der Waals surface area contributed by atoms with Crippen LogP contribution in [-0.4, -0.2) is 20.9 Å². The predicted octanol–water partition coefficient (Wildman–Crippen LogP) is 0.692. The lowest BCUT2D eigenvalue weighted by atomic mass is 10.2. The highest BCUT2D eigenvalue weighted by molar-refractivity contribution is 7.89. The third-order valence-corrected chi connectivity index (χ3v) is 5.23. The van der Waals surface area contributed by atoms with Crippen molar-refractivity contribution in [3.05, 3.63) is 57.8 Å². The lowest BCUT2D eigenvalue weighted by molar-refractivity contribution is -0.390. The minimum Gasteiger partial charge on any atom is -0.545 e. The minimum atomic E-state index is -3.98. The van der Waals surface area contributed by atoms with Crippen molar-refractivity contribution in [1.29, 1.82) is 0 Å². The first-order valence-electron chi connectivity index (χ1n) is 6.47. The monoisotopic (exact) mass is 374 g/mol. The van der Waals surface area contributed by atoms with Crippen molar-refractivity contribution >= 4 is 39.2 Å². The number of halogens is 2. The summed E-state index contributed by atoms with van der Waals surface area (Å²) in [5.74, 6) is -1.58. The number of hydrogen-bond donors (Lipinski definition) is 1. The van der Waals surface area contributed by atoms with E-state index in [0.717, 1.165) is 17.8 Å². The van der Waals surface area contributed by atoms with Crippen LogP contribution in [0.3, 0.4) is 0 Å². The van der Waals surface area contributed by atoms with E-state index in [-0.39, 0.29) is 21.5 Å². The summed E-state index contributed by atoms with van der Waals surface area (Å²) in [7, 11) is -3.98. The summed E-state index contributed by atoms with van der Waals surface area (Å²) in [6.45, 7) is 0.114. The second-order valence-corrected chi connectivity index (χ2v) is 7.14. The van der Waals surface area contributed by atoms with Crippen LogP contribution in [0.1, 0.15) is 16.1 Å². The molecule has 0 aliphatic heterocycles. The Labute approximate surface area is 143 Å². The van der Waals surface area contributed by atoms with Crippen LogP contribution in [-0.2, 0) is 16.4 Å². The van der Waals surface area contributed by atoms with Gasteiger partial charge in [-0.3, -0.25) is 0 Å². The fourth-order valence-corrected chi connectivity index (χ4v) is 3.76. The van der Waals surface area contributed by atoms with Crippen LogP contribution in [0, 0.1) is 0 Å². The lowest BCUT2D eigenvalue weighted by Gasteiger charge is -2.12. The van der Waals surface area contributed by atoms with Gasteiger partial charge in [-0.25, -0.2) is 18.1 Å². The molecule has 122 valence electrons. The van der Waals surface area contributed by atoms with Crippen LogP contribution in [0.15, 0.2) is 41.4 Å². The molecule has 9 heteroatoms. The Morgan fingerprint density at radius 1 is 1.22 bits per heavy atom. The van der Waals surface area contributed by atoms with E-state index in [1.165, 1.54) is 0 Å². The maximum Gasteiger partial charge on any atom is 0.242 e. The maximum atomic E-state index is 12.3. The van der Waals surface area contributed by atoms with Crippen molar-refractivity contribution in [2.45, 2.75) is 11.3 Å². The van der Waals surface area contributed by atoms with Gasteiger partial charge in [0.05, 0.1) is 16.0 Å². The van der Waals surface area contributed by atoms with E-state index in [9.17, 15) is 18.3 Å². The Kier molecular flexibility index (Phi) is 5.59. The third-order valence-electron chi connectivity index (χ3n) is 2.99. The average Bonchev–Trinajstić information content (AvgIpc) is 2.47. The Morgan fingerprint density at radius 2 is 1.96 bits per heavy atom. The molecule has 6 nitrogen and oxygen atoms in total. The van der Waals surface area contributed by atoms with Gasteiger partial charge in [-0.2, -0.15) is 0 Å². The zero-order chi connectivity index (χ0) is 17.0. The number of pyridine rings is 1. The van der Waals surface area contributed by atoms with Crippen molar-refractivity contribution in [1.82, 2.24) is 4.72 Å². The molecule has 0 fully saturated rings. The molecule has 0 aliphatic carbocycles. The summed E-state index contributed by atoms with van der Waals surface area (Å²) < 4.78 is 26.9. The highest BCUT2D eigenvalue weighted by Crippen LogP contribution is 2.28. The summed E-state index contributed by atoms with van der Waals surface area (Å²) in [6, 6.07) is 7.40. The van der Waals surface area contributed by atoms with E-state index in [0.29, 0.717) is 6.42 Å². The number of carboxylic acids is 1. The number of H-pyrrole nitrogens is 1. The van der Waals surface area contributed by atoms with E-state index in [4.69, 9.17) is 23.2 Å². The van der Waals surface area contributed by atoms with Gasteiger partial charge in [0.15, 0.2) is 11.9 Å². The summed E-state index contributed by atoms with van der Waals surface area (Å²) in [5, 5.41) is 10.6. The fraction of sp³-hybridized carbons (Fsp3) is 0.143. The molecule has 0 saturated heterocycles. The molecule has 0 radical (unpaired) electrons. The van der Waals surface area contributed by atoms with Gasteiger partial charge in [-0.1, -0.05) is 29.3 Å². The van der Waals surface area contributed by atoms with E-state index < -0.39 is 21.6 Å². The quantitative estimate of drug-likeness (QED) is 0.803. The number of nitrogens with one attached hydrogen (secondary N) is 2. The first-order chi connectivity index (χ1) is 10.8. The first kappa shape index (κ1) is 17.7. The fourth-order valence-electron chi connectivity index (χ4n) is 1.88. The number of carboxylic acid groups (broad SMARTS) is 1. The van der Waals surface area contributed by atoms with Crippen LogP contribution in [0.25, 0.3) is 0 Å². The molecule has 0 aliphatic rings. The van der Waals surface area contributed by atoms with Crippen LogP contribution >= 0.6 is 23.2 Å². The summed E-state index contributed by atoms with van der Waals surface area (Å²) >= 11 is 11.6. The lowest BCUT2D eigenvalue weighted by Crippen LogP contribution is -2.28. The molecule has 2 rings (SSSR count). The SMILES string of the molecule is O=C([O-])c1cc(S(=O)(=O)NCCc2cccc[nH+]2)c(Cl)cc1Cl. The number of rotatable bonds is 6. The van der Waals surface area contributed by atoms with Crippen molar-refractivity contribution in [3.8, 4) is 0 Å². The predicted molar refractivity (Wildman–Crippen MR) is 82.7 cm³/mol. The van der Waals surface area contributed by atoms with Gasteiger partial charge in [-0.15, -0.1) is 0 Å². The molecular weight excluding hydrogens is 363 g/mol. The van der Waals surface area contributed by atoms with Gasteiger partial charge in [0.25, 0.3) is 0 Å². The molecule has 0 saturated carbocycles.